The first-order valence-electron chi connectivity index (χ1n) is 4.13. The van der Waals surface area contributed by atoms with Gasteiger partial charge in [-0.1, -0.05) is 0 Å². The van der Waals surface area contributed by atoms with Crippen molar-refractivity contribution in [2.45, 2.75) is 0 Å². The Labute approximate surface area is 85.6 Å². The highest BCUT2D eigenvalue weighted by molar-refractivity contribution is 6.26. The average molecular weight is 210 g/mol. The number of fused-ring (bicyclic) bond motifs is 1. The van der Waals surface area contributed by atoms with Crippen LogP contribution >= 0.6 is 11.6 Å². The van der Waals surface area contributed by atoms with E-state index >= 15 is 0 Å². The lowest BCUT2D eigenvalue weighted by Crippen LogP contribution is -2.08. The first-order valence-corrected chi connectivity index (χ1v) is 4.67. The fraction of sp³-hybridized carbons (Fsp3) is 0.100. The fourth-order valence-electron chi connectivity index (χ4n) is 1.25. The molecule has 1 aromatic carbocycles. The minimum Gasteiger partial charge on any atom is -0.426 e. The number of hydrogen-bond donors (Lipinski definition) is 1. The van der Waals surface area contributed by atoms with Crippen molar-refractivity contribution in [1.82, 2.24) is 4.98 Å². The smallest absolute Gasteiger partial charge is 0.326 e. The molecule has 1 heterocycles. The molecule has 0 aliphatic carbocycles. The van der Waals surface area contributed by atoms with Gasteiger partial charge in [0.15, 0.2) is 0 Å². The molecule has 0 spiro atoms. The van der Waals surface area contributed by atoms with E-state index in [2.05, 4.69) is 4.98 Å². The highest BCUT2D eigenvalue weighted by Gasteiger charge is 2.03. The van der Waals surface area contributed by atoms with E-state index in [1.165, 1.54) is 0 Å². The van der Waals surface area contributed by atoms with Crippen LogP contribution in [0.2, 0.25) is 0 Å². The maximum Gasteiger partial charge on any atom is 0.326 e. The van der Waals surface area contributed by atoms with E-state index < -0.39 is 5.97 Å². The molecule has 2 rings (SSSR count). The second-order valence-electron chi connectivity index (χ2n) is 2.83. The van der Waals surface area contributed by atoms with Crippen molar-refractivity contribution in [3.63, 3.8) is 0 Å². The summed E-state index contributed by atoms with van der Waals surface area (Å²) >= 11 is 5.32. The van der Waals surface area contributed by atoms with Crippen LogP contribution < -0.4 is 4.74 Å². The third-order valence-corrected chi connectivity index (χ3v) is 2.09. The number of benzene rings is 1. The van der Waals surface area contributed by atoms with Crippen LogP contribution in [-0.4, -0.2) is 16.8 Å². The number of aromatic nitrogens is 1. The van der Waals surface area contributed by atoms with Crippen molar-refractivity contribution in [2.24, 2.45) is 0 Å². The van der Waals surface area contributed by atoms with Gasteiger partial charge in [-0.2, -0.15) is 0 Å². The topological polar surface area (TPSA) is 42.1 Å². The molecule has 0 aliphatic rings. The Balaban J connectivity index is 2.30. The molecule has 1 aromatic heterocycles. The maximum absolute atomic E-state index is 10.9. The lowest BCUT2D eigenvalue weighted by molar-refractivity contribution is -0.131. The summed E-state index contributed by atoms with van der Waals surface area (Å²) in [5, 5.41) is 1.08. The van der Waals surface area contributed by atoms with Crippen LogP contribution in [0.5, 0.6) is 5.75 Å². The van der Waals surface area contributed by atoms with Gasteiger partial charge in [-0.3, -0.25) is 4.79 Å². The minimum absolute atomic E-state index is 0.136. The molecular weight excluding hydrogens is 202 g/mol. The van der Waals surface area contributed by atoms with Crippen molar-refractivity contribution in [1.29, 1.82) is 0 Å². The Bertz CT molecular complexity index is 464. The predicted molar refractivity (Wildman–Crippen MR) is 54.7 cm³/mol. The minimum atomic E-state index is -0.447. The van der Waals surface area contributed by atoms with E-state index in [9.17, 15) is 4.79 Å². The number of halogens is 1. The molecule has 0 amide bonds. The van der Waals surface area contributed by atoms with E-state index in [1.54, 1.807) is 12.1 Å². The Kier molecular flexibility index (Phi) is 2.41. The number of hydrogen-bond acceptors (Lipinski definition) is 2. The zero-order valence-electron chi connectivity index (χ0n) is 7.29. The molecule has 0 unspecified atom stereocenters. The normalized spacial score (nSPS) is 10.4. The summed E-state index contributed by atoms with van der Waals surface area (Å²) in [7, 11) is 0. The Hall–Kier alpha value is -1.48. The number of rotatable bonds is 2. The molecule has 3 nitrogen and oxygen atoms in total. The van der Waals surface area contributed by atoms with E-state index in [0.717, 1.165) is 10.9 Å². The van der Waals surface area contributed by atoms with E-state index in [-0.39, 0.29) is 5.88 Å². The van der Waals surface area contributed by atoms with E-state index in [1.807, 2.05) is 18.3 Å². The molecule has 1 N–H and O–H groups in total. The summed E-state index contributed by atoms with van der Waals surface area (Å²) in [4.78, 5) is 13.9. The Morgan fingerprint density at radius 3 is 3.07 bits per heavy atom. The van der Waals surface area contributed by atoms with Gasteiger partial charge in [0.2, 0.25) is 0 Å². The molecule has 0 bridgehead atoms. The number of nitrogens with one attached hydrogen (secondary N) is 1. The van der Waals surface area contributed by atoms with Crippen molar-refractivity contribution >= 4 is 28.5 Å². The van der Waals surface area contributed by atoms with E-state index in [0.29, 0.717) is 5.75 Å². The van der Waals surface area contributed by atoms with Gasteiger partial charge in [0.1, 0.15) is 11.6 Å². The Morgan fingerprint density at radius 2 is 2.29 bits per heavy atom. The lowest BCUT2D eigenvalue weighted by Gasteiger charge is -2.01. The zero-order chi connectivity index (χ0) is 9.97. The number of H-pyrrole nitrogens is 1. The van der Waals surface area contributed by atoms with Gasteiger partial charge < -0.3 is 9.72 Å². The second-order valence-corrected chi connectivity index (χ2v) is 3.10. The van der Waals surface area contributed by atoms with Crippen LogP contribution in [0.25, 0.3) is 10.9 Å². The number of ether oxygens (including phenoxy) is 1. The van der Waals surface area contributed by atoms with Crippen molar-refractivity contribution in [2.75, 3.05) is 5.88 Å². The van der Waals surface area contributed by atoms with Crippen molar-refractivity contribution in [3.05, 3.63) is 30.5 Å². The average Bonchev–Trinajstić information content (AvgIpc) is 2.64. The number of carbonyl (C=O) groups is 1. The van der Waals surface area contributed by atoms with Crippen LogP contribution in [0, 0.1) is 0 Å². The summed E-state index contributed by atoms with van der Waals surface area (Å²) in [6.45, 7) is 0. The van der Waals surface area contributed by atoms with Crippen LogP contribution in [0.1, 0.15) is 0 Å². The zero-order valence-corrected chi connectivity index (χ0v) is 8.04. The molecule has 0 saturated heterocycles. The highest BCUT2D eigenvalue weighted by atomic mass is 35.5. The molecule has 0 saturated carbocycles. The molecule has 0 aliphatic heterocycles. The molecule has 0 radical (unpaired) electrons. The quantitative estimate of drug-likeness (QED) is 0.469. The van der Waals surface area contributed by atoms with Gasteiger partial charge in [-0.05, 0) is 23.6 Å². The van der Waals surface area contributed by atoms with Gasteiger partial charge >= 0.3 is 5.97 Å². The van der Waals surface area contributed by atoms with Gasteiger partial charge in [0, 0.05) is 17.8 Å². The molecule has 0 fully saturated rings. The lowest BCUT2D eigenvalue weighted by atomic mass is 10.2. The second kappa shape index (κ2) is 3.72. The largest absolute Gasteiger partial charge is 0.426 e. The standard InChI is InChI=1S/C10H8ClNO2/c11-6-10(13)14-8-2-1-7-3-4-12-9(7)5-8/h1-5,12H,6H2. The molecule has 72 valence electrons. The van der Waals surface area contributed by atoms with Gasteiger partial charge in [0.05, 0.1) is 0 Å². The first kappa shape index (κ1) is 9.09. The summed E-state index contributed by atoms with van der Waals surface area (Å²) in [6.07, 6.45) is 1.83. The molecule has 0 atom stereocenters. The van der Waals surface area contributed by atoms with Gasteiger partial charge in [0.25, 0.3) is 0 Å². The summed E-state index contributed by atoms with van der Waals surface area (Å²) in [5.41, 5.74) is 0.935. The van der Waals surface area contributed by atoms with Crippen LogP contribution in [0.3, 0.4) is 0 Å². The van der Waals surface area contributed by atoms with Crippen molar-refractivity contribution < 1.29 is 9.53 Å². The fourth-order valence-corrected chi connectivity index (χ4v) is 1.30. The number of esters is 1. The highest BCUT2D eigenvalue weighted by Crippen LogP contribution is 2.19. The number of carbonyl (C=O) groups excluding carboxylic acids is 1. The number of alkyl halides is 1. The maximum atomic E-state index is 10.9. The summed E-state index contributed by atoms with van der Waals surface area (Å²) in [5.74, 6) is -0.0777. The third kappa shape index (κ3) is 1.72. The SMILES string of the molecule is O=C(CCl)Oc1ccc2cc[nH]c2c1. The number of aromatic amines is 1. The van der Waals surface area contributed by atoms with Crippen molar-refractivity contribution in [3.8, 4) is 5.75 Å². The van der Waals surface area contributed by atoms with Gasteiger partial charge in [-0.15, -0.1) is 11.6 Å². The third-order valence-electron chi connectivity index (χ3n) is 1.87. The van der Waals surface area contributed by atoms with Crippen LogP contribution in [0.15, 0.2) is 30.5 Å². The van der Waals surface area contributed by atoms with Gasteiger partial charge in [-0.25, -0.2) is 0 Å². The summed E-state index contributed by atoms with van der Waals surface area (Å²) in [6, 6.07) is 7.32. The molecular formula is C10H8ClNO2. The van der Waals surface area contributed by atoms with Crippen LogP contribution in [-0.2, 0) is 4.79 Å². The Morgan fingerprint density at radius 1 is 1.43 bits per heavy atom. The first-order chi connectivity index (χ1) is 6.79. The summed E-state index contributed by atoms with van der Waals surface area (Å²) < 4.78 is 4.95. The predicted octanol–water partition coefficient (Wildman–Crippen LogP) is 2.31. The monoisotopic (exact) mass is 209 g/mol. The van der Waals surface area contributed by atoms with Crippen LogP contribution in [0.4, 0.5) is 0 Å². The van der Waals surface area contributed by atoms with E-state index in [4.69, 9.17) is 16.3 Å². The molecule has 14 heavy (non-hydrogen) atoms. The molecule has 2 aromatic rings. The molecule has 4 heteroatoms.